The molecule has 0 amide bonds. The van der Waals surface area contributed by atoms with E-state index in [0.717, 1.165) is 6.42 Å². The normalized spacial score (nSPS) is 16.1. The van der Waals surface area contributed by atoms with Gasteiger partial charge in [-0.05, 0) is 106 Å². The van der Waals surface area contributed by atoms with E-state index in [4.69, 9.17) is 0 Å². The maximum absolute atomic E-state index is 2.62. The van der Waals surface area contributed by atoms with Crippen LogP contribution < -0.4 is 0 Å². The smallest absolute Gasteiger partial charge is 0.0408 e. The molecular formula is C55H38S. The van der Waals surface area contributed by atoms with Crippen molar-refractivity contribution in [1.82, 2.24) is 0 Å². The fourth-order valence-electron chi connectivity index (χ4n) is 10.5. The molecule has 0 N–H and O–H groups in total. The summed E-state index contributed by atoms with van der Waals surface area (Å²) in [6.45, 7) is 4.91. The Morgan fingerprint density at radius 3 is 1.82 bits per heavy atom. The van der Waals surface area contributed by atoms with Gasteiger partial charge in [0.1, 0.15) is 0 Å². The van der Waals surface area contributed by atoms with Crippen LogP contribution in [0.5, 0.6) is 0 Å². The molecule has 12 rings (SSSR count). The van der Waals surface area contributed by atoms with Crippen molar-refractivity contribution >= 4 is 80.2 Å². The average molecular weight is 731 g/mol. The van der Waals surface area contributed by atoms with Crippen LogP contribution in [0, 0.1) is 0 Å². The zero-order valence-electron chi connectivity index (χ0n) is 31.4. The minimum Gasteiger partial charge on any atom is -0.135 e. The molecule has 0 saturated carbocycles. The summed E-state index contributed by atoms with van der Waals surface area (Å²) in [5.41, 5.74) is 12.3. The number of rotatable bonds is 3. The van der Waals surface area contributed by atoms with Gasteiger partial charge in [0.05, 0.1) is 0 Å². The first-order chi connectivity index (χ1) is 27.6. The summed E-state index contributed by atoms with van der Waals surface area (Å²) in [4.78, 5) is 0. The van der Waals surface area contributed by atoms with Gasteiger partial charge in [-0.25, -0.2) is 0 Å². The van der Waals surface area contributed by atoms with Crippen LogP contribution in [0.3, 0.4) is 0 Å². The predicted octanol–water partition coefficient (Wildman–Crippen LogP) is 15.8. The molecule has 0 radical (unpaired) electrons. The molecule has 0 nitrogen and oxygen atoms in total. The molecular weight excluding hydrogens is 693 g/mol. The summed E-state index contributed by atoms with van der Waals surface area (Å²) in [6, 6.07) is 61.2. The van der Waals surface area contributed by atoms with E-state index >= 15 is 0 Å². The first-order valence-corrected chi connectivity index (χ1v) is 20.7. The van der Waals surface area contributed by atoms with E-state index in [1.54, 1.807) is 0 Å². The number of hydrogen-bond donors (Lipinski definition) is 0. The molecule has 1 heterocycles. The Hall–Kier alpha value is -6.28. The van der Waals surface area contributed by atoms with Crippen LogP contribution in [-0.4, -0.2) is 0 Å². The van der Waals surface area contributed by atoms with Crippen molar-refractivity contribution in [2.75, 3.05) is 0 Å². The summed E-state index contributed by atoms with van der Waals surface area (Å²) < 4.78 is 2.82. The molecule has 1 aromatic heterocycles. The first kappa shape index (κ1) is 32.0. The second-order valence-corrected chi connectivity index (χ2v) is 17.3. The van der Waals surface area contributed by atoms with Gasteiger partial charge in [0.15, 0.2) is 0 Å². The quantitative estimate of drug-likeness (QED) is 0.159. The maximum atomic E-state index is 2.62. The third kappa shape index (κ3) is 4.41. The topological polar surface area (TPSA) is 0 Å². The lowest BCUT2D eigenvalue weighted by Gasteiger charge is -2.26. The van der Waals surface area contributed by atoms with Gasteiger partial charge in [0.2, 0.25) is 0 Å². The second-order valence-electron chi connectivity index (χ2n) is 16.3. The molecule has 1 heteroatoms. The molecule has 56 heavy (non-hydrogen) atoms. The van der Waals surface area contributed by atoms with Gasteiger partial charge >= 0.3 is 0 Å². The second kappa shape index (κ2) is 11.9. The minimum atomic E-state index is -0.0825. The highest BCUT2D eigenvalue weighted by atomic mass is 32.1. The van der Waals surface area contributed by atoms with Crippen LogP contribution >= 0.6 is 11.3 Å². The molecule has 2 aliphatic carbocycles. The fourth-order valence-corrected chi connectivity index (χ4v) is 11.9. The van der Waals surface area contributed by atoms with E-state index in [2.05, 4.69) is 190 Å². The number of benzene rings is 9. The third-order valence-electron chi connectivity index (χ3n) is 12.9. The van der Waals surface area contributed by atoms with Crippen molar-refractivity contribution < 1.29 is 0 Å². The van der Waals surface area contributed by atoms with E-state index in [1.165, 1.54) is 113 Å². The van der Waals surface area contributed by atoms with Crippen LogP contribution in [0.2, 0.25) is 0 Å². The fraction of sp³-hybridized carbons (Fsp3) is 0.0909. The standard InChI is InChI=1S/C55H38S/c1-55(2)47-30-29-35(32-46(47)51-43-24-9-10-25-44(43)52-45-26-11-12-28-48(45)56-54(52)53(51)55)34-17-13-18-36(31-34)49-39-20-5-7-22-41(39)50(42-23-8-6-21-40(42)49)38-27-14-16-33-15-3-4-19-37(33)38/h3-28,30-32,35H,29H2,1-2H3. The van der Waals surface area contributed by atoms with Crippen molar-refractivity contribution in [3.8, 4) is 22.3 Å². The van der Waals surface area contributed by atoms with Gasteiger partial charge in [-0.3, -0.25) is 0 Å². The Bertz CT molecular complexity index is 3300. The lowest BCUT2D eigenvalue weighted by Crippen LogP contribution is -2.17. The summed E-state index contributed by atoms with van der Waals surface area (Å²) >= 11 is 1.97. The monoisotopic (exact) mass is 730 g/mol. The maximum Gasteiger partial charge on any atom is 0.0408 e. The van der Waals surface area contributed by atoms with Crippen LogP contribution in [-0.2, 0) is 5.41 Å². The van der Waals surface area contributed by atoms with E-state index in [9.17, 15) is 0 Å². The van der Waals surface area contributed by atoms with E-state index in [1.807, 2.05) is 11.3 Å². The van der Waals surface area contributed by atoms with Gasteiger partial charge in [0, 0.05) is 31.5 Å². The average Bonchev–Trinajstić information content (AvgIpc) is 3.75. The van der Waals surface area contributed by atoms with Crippen LogP contribution in [0.15, 0.2) is 182 Å². The molecule has 9 aromatic carbocycles. The highest BCUT2D eigenvalue weighted by molar-refractivity contribution is 7.26. The van der Waals surface area contributed by atoms with Crippen molar-refractivity contribution in [2.45, 2.75) is 31.6 Å². The largest absolute Gasteiger partial charge is 0.135 e. The number of hydrogen-bond acceptors (Lipinski definition) is 1. The zero-order chi connectivity index (χ0) is 37.1. The van der Waals surface area contributed by atoms with Gasteiger partial charge in [-0.15, -0.1) is 11.3 Å². The number of thiophene rings is 1. The highest BCUT2D eigenvalue weighted by Crippen LogP contribution is 2.59. The third-order valence-corrected chi connectivity index (χ3v) is 14.1. The predicted molar refractivity (Wildman–Crippen MR) is 243 cm³/mol. The van der Waals surface area contributed by atoms with Crippen LogP contribution in [0.1, 0.15) is 42.9 Å². The van der Waals surface area contributed by atoms with Gasteiger partial charge in [-0.2, -0.15) is 0 Å². The van der Waals surface area contributed by atoms with E-state index < -0.39 is 0 Å². The molecule has 0 fully saturated rings. The Morgan fingerprint density at radius 2 is 1.09 bits per heavy atom. The van der Waals surface area contributed by atoms with Crippen LogP contribution in [0.25, 0.3) is 91.1 Å². The lowest BCUT2D eigenvalue weighted by molar-refractivity contribution is 0.657. The molecule has 1 unspecified atom stereocenters. The van der Waals surface area contributed by atoms with Crippen molar-refractivity contribution in [3.05, 3.63) is 198 Å². The Labute approximate surface area is 330 Å². The number of fused-ring (bicyclic) bond motifs is 13. The molecule has 10 aromatic rings. The van der Waals surface area contributed by atoms with Crippen molar-refractivity contribution in [3.63, 3.8) is 0 Å². The molecule has 0 aliphatic heterocycles. The molecule has 264 valence electrons. The Morgan fingerprint density at radius 1 is 0.518 bits per heavy atom. The van der Waals surface area contributed by atoms with Gasteiger partial charge in [-0.1, -0.05) is 184 Å². The van der Waals surface area contributed by atoms with Gasteiger partial charge in [0.25, 0.3) is 0 Å². The number of allylic oxidation sites excluding steroid dienone is 4. The van der Waals surface area contributed by atoms with E-state index in [0.29, 0.717) is 0 Å². The molecule has 1 atom stereocenters. The van der Waals surface area contributed by atoms with Crippen molar-refractivity contribution in [1.29, 1.82) is 0 Å². The van der Waals surface area contributed by atoms with Crippen LogP contribution in [0.4, 0.5) is 0 Å². The molecule has 0 saturated heterocycles. The minimum absolute atomic E-state index is 0.0825. The Kier molecular flexibility index (Phi) is 6.78. The van der Waals surface area contributed by atoms with Crippen molar-refractivity contribution in [2.24, 2.45) is 0 Å². The SMILES string of the molecule is CC1(C)C2=CCC(c3cccc(-c4c5ccccc5c(-c5cccc6ccccc56)c5ccccc45)c3)C=C2c2c1c1sc3ccccc3c1c1ccccc21. The highest BCUT2D eigenvalue weighted by Gasteiger charge is 2.43. The molecule has 0 bridgehead atoms. The summed E-state index contributed by atoms with van der Waals surface area (Å²) in [5, 5.41) is 13.3. The molecule has 0 spiro atoms. The Balaban J connectivity index is 1.05. The van der Waals surface area contributed by atoms with Gasteiger partial charge < -0.3 is 0 Å². The summed E-state index contributed by atoms with van der Waals surface area (Å²) in [6.07, 6.45) is 6.19. The molecule has 2 aliphatic rings. The first-order valence-electron chi connectivity index (χ1n) is 19.9. The summed E-state index contributed by atoms with van der Waals surface area (Å²) in [7, 11) is 0. The summed E-state index contributed by atoms with van der Waals surface area (Å²) in [5.74, 6) is 0.278. The van der Waals surface area contributed by atoms with E-state index in [-0.39, 0.29) is 11.3 Å². The zero-order valence-corrected chi connectivity index (χ0v) is 32.3. The lowest BCUT2D eigenvalue weighted by atomic mass is 9.77.